The maximum absolute atomic E-state index is 10.9. The van der Waals surface area contributed by atoms with Gasteiger partial charge >= 0.3 is 5.97 Å². The second-order valence-electron chi connectivity index (χ2n) is 8.55. The molecular weight excluding hydrogens is 324 g/mol. The summed E-state index contributed by atoms with van der Waals surface area (Å²) in [4.78, 5) is 13.5. The molecule has 4 heteroatoms. The van der Waals surface area contributed by atoms with Gasteiger partial charge in [-0.1, -0.05) is 26.0 Å². The van der Waals surface area contributed by atoms with Crippen molar-refractivity contribution in [3.05, 3.63) is 35.4 Å². The van der Waals surface area contributed by atoms with Crippen LogP contribution in [0.3, 0.4) is 0 Å². The normalized spacial score (nSPS) is 24.1. The molecule has 0 radical (unpaired) electrons. The molecule has 0 amide bonds. The highest BCUT2D eigenvalue weighted by atomic mass is 16.4. The van der Waals surface area contributed by atoms with Crippen molar-refractivity contribution in [2.45, 2.75) is 52.0 Å². The van der Waals surface area contributed by atoms with Crippen molar-refractivity contribution < 1.29 is 9.90 Å². The Morgan fingerprint density at radius 2 is 1.92 bits per heavy atom. The van der Waals surface area contributed by atoms with Gasteiger partial charge in [0.1, 0.15) is 0 Å². The Morgan fingerprint density at radius 1 is 1.23 bits per heavy atom. The van der Waals surface area contributed by atoms with Crippen molar-refractivity contribution >= 4 is 5.97 Å². The molecule has 1 saturated heterocycles. The molecule has 1 saturated carbocycles. The number of benzene rings is 1. The first-order valence-electron chi connectivity index (χ1n) is 10.3. The molecule has 4 nitrogen and oxygen atoms in total. The van der Waals surface area contributed by atoms with Gasteiger partial charge < -0.3 is 15.3 Å². The molecule has 1 aromatic rings. The van der Waals surface area contributed by atoms with Crippen molar-refractivity contribution in [1.82, 2.24) is 10.2 Å². The van der Waals surface area contributed by atoms with Crippen molar-refractivity contribution in [1.29, 1.82) is 0 Å². The first kappa shape index (κ1) is 19.4. The van der Waals surface area contributed by atoms with Crippen molar-refractivity contribution in [3.8, 4) is 0 Å². The number of rotatable bonds is 9. The lowest BCUT2D eigenvalue weighted by atomic mass is 9.96. The summed E-state index contributed by atoms with van der Waals surface area (Å²) in [7, 11) is 0. The fourth-order valence-corrected chi connectivity index (χ4v) is 4.24. The molecule has 0 aromatic heterocycles. The molecule has 0 spiro atoms. The maximum Gasteiger partial charge on any atom is 0.335 e. The average molecular weight is 359 g/mol. The zero-order chi connectivity index (χ0) is 18.5. The van der Waals surface area contributed by atoms with Crippen LogP contribution in [-0.2, 0) is 6.42 Å². The minimum atomic E-state index is -0.852. The highest BCUT2D eigenvalue weighted by Crippen LogP contribution is 2.37. The summed E-state index contributed by atoms with van der Waals surface area (Å²) in [6.45, 7) is 9.48. The van der Waals surface area contributed by atoms with Gasteiger partial charge in [0.05, 0.1) is 5.56 Å². The second kappa shape index (κ2) is 9.01. The van der Waals surface area contributed by atoms with Crippen LogP contribution < -0.4 is 5.32 Å². The van der Waals surface area contributed by atoms with Gasteiger partial charge in [-0.2, -0.15) is 0 Å². The second-order valence-corrected chi connectivity index (χ2v) is 8.55. The molecule has 1 aromatic carbocycles. The number of hydrogen-bond acceptors (Lipinski definition) is 3. The number of aryl methyl sites for hydroxylation is 1. The number of aromatic carboxylic acids is 1. The van der Waals surface area contributed by atoms with Crippen LogP contribution in [0.5, 0.6) is 0 Å². The molecule has 2 atom stereocenters. The molecule has 1 aliphatic carbocycles. The Bertz CT molecular complexity index is 576. The minimum Gasteiger partial charge on any atom is -0.478 e. The van der Waals surface area contributed by atoms with Gasteiger partial charge in [0.15, 0.2) is 0 Å². The number of carboxylic acids is 1. The lowest BCUT2D eigenvalue weighted by Crippen LogP contribution is -2.38. The van der Waals surface area contributed by atoms with Gasteiger partial charge in [-0.25, -0.2) is 4.79 Å². The van der Waals surface area contributed by atoms with E-state index < -0.39 is 5.97 Å². The zero-order valence-corrected chi connectivity index (χ0v) is 16.3. The predicted molar refractivity (Wildman–Crippen MR) is 106 cm³/mol. The predicted octanol–water partition coefficient (Wildman–Crippen LogP) is 3.66. The van der Waals surface area contributed by atoms with E-state index in [0.717, 1.165) is 43.2 Å². The quantitative estimate of drug-likeness (QED) is 0.707. The van der Waals surface area contributed by atoms with E-state index in [0.29, 0.717) is 5.56 Å². The van der Waals surface area contributed by atoms with E-state index in [1.165, 1.54) is 44.5 Å². The summed E-state index contributed by atoms with van der Waals surface area (Å²) in [5.74, 6) is 1.74. The molecule has 3 rings (SSSR count). The van der Waals surface area contributed by atoms with Gasteiger partial charge in [0.2, 0.25) is 0 Å². The molecule has 144 valence electrons. The molecular formula is C22H34N2O2. The van der Waals surface area contributed by atoms with Gasteiger partial charge in [-0.15, -0.1) is 0 Å². The van der Waals surface area contributed by atoms with Crippen LogP contribution in [0.15, 0.2) is 24.3 Å². The first-order chi connectivity index (χ1) is 12.5. The van der Waals surface area contributed by atoms with Crippen LogP contribution in [0, 0.1) is 17.8 Å². The van der Waals surface area contributed by atoms with Crippen molar-refractivity contribution in [2.24, 2.45) is 17.8 Å². The third-order valence-electron chi connectivity index (χ3n) is 6.21. The van der Waals surface area contributed by atoms with Crippen LogP contribution >= 0.6 is 0 Å². The molecule has 2 fully saturated rings. The van der Waals surface area contributed by atoms with Gasteiger partial charge in [0, 0.05) is 6.04 Å². The van der Waals surface area contributed by atoms with Gasteiger partial charge in [-0.3, -0.25) is 0 Å². The van der Waals surface area contributed by atoms with E-state index in [1.54, 1.807) is 12.1 Å². The Hall–Kier alpha value is -1.39. The lowest BCUT2D eigenvalue weighted by molar-refractivity contribution is 0.0697. The molecule has 1 heterocycles. The molecule has 2 N–H and O–H groups in total. The Kier molecular flexibility index (Phi) is 6.71. The smallest absolute Gasteiger partial charge is 0.335 e. The number of nitrogens with one attached hydrogen (secondary N) is 1. The number of carbonyl (C=O) groups is 1. The molecule has 0 bridgehead atoms. The van der Waals surface area contributed by atoms with Crippen LogP contribution in [0.4, 0.5) is 0 Å². The highest BCUT2D eigenvalue weighted by Gasteiger charge is 2.38. The highest BCUT2D eigenvalue weighted by molar-refractivity contribution is 5.87. The number of nitrogens with zero attached hydrogens (tertiary/aromatic N) is 1. The van der Waals surface area contributed by atoms with E-state index in [2.05, 4.69) is 24.1 Å². The van der Waals surface area contributed by atoms with E-state index in [-0.39, 0.29) is 0 Å². The Morgan fingerprint density at radius 3 is 2.50 bits per heavy atom. The van der Waals surface area contributed by atoms with E-state index in [4.69, 9.17) is 5.11 Å². The monoisotopic (exact) mass is 358 g/mol. The third-order valence-corrected chi connectivity index (χ3v) is 6.21. The fraction of sp³-hybridized carbons (Fsp3) is 0.682. The number of carboxylic acid groups (broad SMARTS) is 1. The number of piperidine rings is 1. The van der Waals surface area contributed by atoms with Crippen LogP contribution in [0.2, 0.25) is 0 Å². The number of hydrogen-bond donors (Lipinski definition) is 2. The maximum atomic E-state index is 10.9. The van der Waals surface area contributed by atoms with Crippen LogP contribution in [-0.4, -0.2) is 48.2 Å². The first-order valence-corrected chi connectivity index (χ1v) is 10.3. The zero-order valence-electron chi connectivity index (χ0n) is 16.3. The summed E-state index contributed by atoms with van der Waals surface area (Å²) < 4.78 is 0. The molecule has 0 unspecified atom stereocenters. The molecule has 1 aliphatic heterocycles. The van der Waals surface area contributed by atoms with E-state index in [9.17, 15) is 4.79 Å². The third kappa shape index (κ3) is 5.55. The largest absolute Gasteiger partial charge is 0.478 e. The summed E-state index contributed by atoms with van der Waals surface area (Å²) in [5.41, 5.74) is 1.61. The van der Waals surface area contributed by atoms with E-state index in [1.807, 2.05) is 12.1 Å². The van der Waals surface area contributed by atoms with Crippen LogP contribution in [0.25, 0.3) is 0 Å². The molecule has 26 heavy (non-hydrogen) atoms. The summed E-state index contributed by atoms with van der Waals surface area (Å²) in [6.07, 6.45) is 6.19. The van der Waals surface area contributed by atoms with Gasteiger partial charge in [-0.05, 0) is 93.7 Å². The SMILES string of the molecule is CC(C)[C@@H]1C[C@H]1NCC1CCN(CCCc2ccc(C(=O)O)cc2)CC1. The van der Waals surface area contributed by atoms with Crippen molar-refractivity contribution in [2.75, 3.05) is 26.2 Å². The van der Waals surface area contributed by atoms with Crippen molar-refractivity contribution in [3.63, 3.8) is 0 Å². The van der Waals surface area contributed by atoms with E-state index >= 15 is 0 Å². The summed E-state index contributed by atoms with van der Waals surface area (Å²) in [5, 5.41) is 12.7. The topological polar surface area (TPSA) is 52.6 Å². The molecule has 2 aliphatic rings. The standard InChI is InChI=1S/C22H34N2O2/c1-16(2)20-14-21(20)23-15-18-9-12-24(13-10-18)11-3-4-17-5-7-19(8-6-17)22(25)26/h5-8,16,18,20-21,23H,3-4,9-15H2,1-2H3,(H,25,26)/t20-,21+/m0/s1. The Balaban J connectivity index is 1.28. The minimum absolute atomic E-state index is 0.371. The Labute approximate surface area is 158 Å². The fourth-order valence-electron chi connectivity index (χ4n) is 4.24. The summed E-state index contributed by atoms with van der Waals surface area (Å²) >= 11 is 0. The van der Waals surface area contributed by atoms with Gasteiger partial charge in [0.25, 0.3) is 0 Å². The summed E-state index contributed by atoms with van der Waals surface area (Å²) in [6, 6.07) is 8.10. The number of likely N-dealkylation sites (tertiary alicyclic amines) is 1. The van der Waals surface area contributed by atoms with Crippen LogP contribution in [0.1, 0.15) is 55.5 Å². The average Bonchev–Trinajstić information content (AvgIpc) is 3.41. The lowest BCUT2D eigenvalue weighted by Gasteiger charge is -2.32.